The van der Waals surface area contributed by atoms with Crippen LogP contribution in [0.5, 0.6) is 11.5 Å². The molecular formula is C18H21BrClN2O4-. The molecule has 0 aliphatic rings. The van der Waals surface area contributed by atoms with Gasteiger partial charge in [-0.1, -0.05) is 30.3 Å². The van der Waals surface area contributed by atoms with Crippen LogP contribution in [0.2, 0.25) is 0 Å². The normalized spacial score (nSPS) is 11.3. The Bertz CT molecular complexity index is 716. The molecule has 1 amide bonds. The summed E-state index contributed by atoms with van der Waals surface area (Å²) < 4.78 is 11.3. The van der Waals surface area contributed by atoms with Gasteiger partial charge in [0.15, 0.2) is 18.1 Å². The number of amides is 1. The van der Waals surface area contributed by atoms with E-state index < -0.39 is 12.0 Å². The summed E-state index contributed by atoms with van der Waals surface area (Å²) in [5.41, 5.74) is 6.91. The SMILES string of the molecule is COc1cc(CNCC(O)c2ccccc2)cc(Br)c1OCC(N)=O.[Cl-]. The average molecular weight is 445 g/mol. The van der Waals surface area contributed by atoms with Crippen LogP contribution >= 0.6 is 15.9 Å². The third kappa shape index (κ3) is 6.49. The standard InChI is InChI=1S/C18H21BrN2O4.ClH/c1-24-16-8-12(7-14(19)18(16)25-11-17(20)23)9-21-10-15(22)13-5-3-2-4-6-13;/h2-8,15,21-22H,9-11H2,1H3,(H2,20,23);1H/p-1. The van der Waals surface area contributed by atoms with Crippen molar-refractivity contribution in [1.29, 1.82) is 0 Å². The summed E-state index contributed by atoms with van der Waals surface area (Å²) in [6.07, 6.45) is -0.579. The van der Waals surface area contributed by atoms with E-state index in [1.807, 2.05) is 42.5 Å². The molecule has 8 heteroatoms. The third-order valence-corrected chi connectivity index (χ3v) is 4.09. The summed E-state index contributed by atoms with van der Waals surface area (Å²) in [6, 6.07) is 13.1. The summed E-state index contributed by atoms with van der Waals surface area (Å²) in [5.74, 6) is 0.361. The van der Waals surface area contributed by atoms with Gasteiger partial charge in [0.1, 0.15) is 0 Å². The number of rotatable bonds is 9. The largest absolute Gasteiger partial charge is 1.00 e. The highest BCUT2D eigenvalue weighted by atomic mass is 79.9. The first-order valence-electron chi connectivity index (χ1n) is 7.72. The lowest BCUT2D eigenvalue weighted by atomic mass is 10.1. The Labute approximate surface area is 167 Å². The highest BCUT2D eigenvalue weighted by Gasteiger charge is 2.13. The van der Waals surface area contributed by atoms with Gasteiger partial charge in [-0.3, -0.25) is 4.79 Å². The summed E-state index contributed by atoms with van der Waals surface area (Å²) in [6.45, 7) is 0.731. The number of nitrogens with two attached hydrogens (primary N) is 1. The van der Waals surface area contributed by atoms with Crippen LogP contribution in [0.15, 0.2) is 46.9 Å². The zero-order valence-corrected chi connectivity index (χ0v) is 16.6. The van der Waals surface area contributed by atoms with Gasteiger partial charge in [0.05, 0.1) is 17.7 Å². The van der Waals surface area contributed by atoms with Crippen molar-refractivity contribution in [2.45, 2.75) is 12.6 Å². The molecule has 0 aliphatic carbocycles. The number of benzene rings is 2. The number of carbonyl (C=O) groups is 1. The van der Waals surface area contributed by atoms with Crippen LogP contribution in [0.25, 0.3) is 0 Å². The molecular weight excluding hydrogens is 424 g/mol. The summed E-state index contributed by atoms with van der Waals surface area (Å²) in [4.78, 5) is 10.9. The Hall–Kier alpha value is -1.80. The average Bonchev–Trinajstić information content (AvgIpc) is 2.60. The van der Waals surface area contributed by atoms with Crippen molar-refractivity contribution in [3.05, 3.63) is 58.1 Å². The maximum absolute atomic E-state index is 10.9. The van der Waals surface area contributed by atoms with E-state index >= 15 is 0 Å². The van der Waals surface area contributed by atoms with Gasteiger partial charge in [-0.25, -0.2) is 0 Å². The molecule has 142 valence electrons. The molecule has 0 spiro atoms. The van der Waals surface area contributed by atoms with E-state index in [0.29, 0.717) is 29.1 Å². The van der Waals surface area contributed by atoms with Gasteiger partial charge in [-0.2, -0.15) is 0 Å². The maximum Gasteiger partial charge on any atom is 0.255 e. The van der Waals surface area contributed by atoms with E-state index in [4.69, 9.17) is 15.2 Å². The minimum atomic E-state index is -0.579. The van der Waals surface area contributed by atoms with Crippen molar-refractivity contribution in [2.24, 2.45) is 5.73 Å². The first-order chi connectivity index (χ1) is 12.0. The van der Waals surface area contributed by atoms with Crippen molar-refractivity contribution in [2.75, 3.05) is 20.3 Å². The minimum absolute atomic E-state index is 0. The van der Waals surface area contributed by atoms with Crippen LogP contribution < -0.4 is 32.9 Å². The second-order valence-electron chi connectivity index (χ2n) is 5.42. The molecule has 0 saturated heterocycles. The van der Waals surface area contributed by atoms with E-state index in [1.54, 1.807) is 0 Å². The van der Waals surface area contributed by atoms with Gasteiger partial charge < -0.3 is 38.0 Å². The van der Waals surface area contributed by atoms with Crippen LogP contribution in [-0.2, 0) is 11.3 Å². The zero-order valence-electron chi connectivity index (χ0n) is 14.2. The zero-order chi connectivity index (χ0) is 18.2. The van der Waals surface area contributed by atoms with E-state index in [-0.39, 0.29) is 19.0 Å². The molecule has 6 nitrogen and oxygen atoms in total. The lowest BCUT2D eigenvalue weighted by Crippen LogP contribution is -3.00. The Morgan fingerprint density at radius 2 is 2.00 bits per heavy atom. The number of halogens is 2. The quantitative estimate of drug-likeness (QED) is 0.468. The number of primary amides is 1. The molecule has 0 aliphatic heterocycles. The fraction of sp³-hybridized carbons (Fsp3) is 0.278. The van der Waals surface area contributed by atoms with Crippen LogP contribution in [0.3, 0.4) is 0 Å². The summed E-state index contributed by atoms with van der Waals surface area (Å²) in [7, 11) is 1.52. The van der Waals surface area contributed by atoms with Gasteiger partial charge in [-0.15, -0.1) is 0 Å². The Morgan fingerprint density at radius 3 is 2.62 bits per heavy atom. The Balaban J connectivity index is 0.00000338. The molecule has 0 bridgehead atoms. The monoisotopic (exact) mass is 443 g/mol. The summed E-state index contributed by atoms with van der Waals surface area (Å²) in [5, 5.41) is 13.4. The second-order valence-corrected chi connectivity index (χ2v) is 6.28. The lowest BCUT2D eigenvalue weighted by molar-refractivity contribution is -0.120. The number of ether oxygens (including phenoxy) is 2. The van der Waals surface area contributed by atoms with E-state index in [2.05, 4.69) is 21.2 Å². The molecule has 2 rings (SSSR count). The van der Waals surface area contributed by atoms with E-state index in [1.165, 1.54) is 7.11 Å². The molecule has 1 unspecified atom stereocenters. The van der Waals surface area contributed by atoms with Crippen LogP contribution in [0.4, 0.5) is 0 Å². The lowest BCUT2D eigenvalue weighted by Gasteiger charge is -2.15. The van der Waals surface area contributed by atoms with Crippen molar-refractivity contribution >= 4 is 21.8 Å². The number of aliphatic hydroxyl groups excluding tert-OH is 1. The molecule has 2 aromatic rings. The second kappa shape index (κ2) is 11.0. The van der Waals surface area contributed by atoms with Crippen molar-refractivity contribution in [3.8, 4) is 11.5 Å². The smallest absolute Gasteiger partial charge is 0.255 e. The Morgan fingerprint density at radius 1 is 1.31 bits per heavy atom. The van der Waals surface area contributed by atoms with Gasteiger partial charge in [0, 0.05) is 13.1 Å². The van der Waals surface area contributed by atoms with Gasteiger partial charge in [0.25, 0.3) is 5.91 Å². The predicted molar refractivity (Wildman–Crippen MR) is 98.5 cm³/mol. The fourth-order valence-corrected chi connectivity index (χ4v) is 2.91. The first-order valence-corrected chi connectivity index (χ1v) is 8.51. The van der Waals surface area contributed by atoms with Crippen LogP contribution in [-0.4, -0.2) is 31.3 Å². The topological polar surface area (TPSA) is 93.8 Å². The molecule has 1 atom stereocenters. The van der Waals surface area contributed by atoms with E-state index in [0.717, 1.165) is 11.1 Å². The first kappa shape index (κ1) is 22.2. The molecule has 0 fully saturated rings. The number of nitrogens with one attached hydrogen (secondary N) is 1. The highest BCUT2D eigenvalue weighted by molar-refractivity contribution is 9.10. The third-order valence-electron chi connectivity index (χ3n) is 3.50. The molecule has 0 saturated carbocycles. The number of hydrogen-bond acceptors (Lipinski definition) is 5. The molecule has 0 radical (unpaired) electrons. The molecule has 2 aromatic carbocycles. The number of aliphatic hydroxyl groups is 1. The Kier molecular flexibility index (Phi) is 9.43. The van der Waals surface area contributed by atoms with Crippen LogP contribution in [0, 0.1) is 0 Å². The molecule has 26 heavy (non-hydrogen) atoms. The molecule has 0 heterocycles. The maximum atomic E-state index is 10.9. The number of methoxy groups -OCH3 is 1. The molecule has 0 aromatic heterocycles. The predicted octanol–water partition coefficient (Wildman–Crippen LogP) is -0.851. The molecule has 4 N–H and O–H groups in total. The van der Waals surface area contributed by atoms with E-state index in [9.17, 15) is 9.90 Å². The van der Waals surface area contributed by atoms with Gasteiger partial charge >= 0.3 is 0 Å². The van der Waals surface area contributed by atoms with Gasteiger partial charge in [0.2, 0.25) is 0 Å². The fourth-order valence-electron chi connectivity index (χ4n) is 2.30. The number of hydrogen-bond donors (Lipinski definition) is 3. The van der Waals surface area contributed by atoms with Gasteiger partial charge in [-0.05, 0) is 39.2 Å². The van der Waals surface area contributed by atoms with Crippen LogP contribution in [0.1, 0.15) is 17.2 Å². The minimum Gasteiger partial charge on any atom is -1.00 e. The van der Waals surface area contributed by atoms with Crippen molar-refractivity contribution in [3.63, 3.8) is 0 Å². The number of carbonyl (C=O) groups excluding carboxylic acids is 1. The summed E-state index contributed by atoms with van der Waals surface area (Å²) >= 11 is 3.41. The van der Waals surface area contributed by atoms with Crippen molar-refractivity contribution < 1.29 is 31.8 Å². The highest BCUT2D eigenvalue weighted by Crippen LogP contribution is 2.36. The van der Waals surface area contributed by atoms with Crippen molar-refractivity contribution in [1.82, 2.24) is 5.32 Å².